The number of aromatic nitrogens is 2. The molecule has 2 N–H and O–H groups in total. The Labute approximate surface area is 167 Å². The van der Waals surface area contributed by atoms with E-state index in [1.165, 1.54) is 19.3 Å². The molecule has 1 saturated carbocycles. The maximum atomic E-state index is 6.04. The van der Waals surface area contributed by atoms with E-state index in [0.717, 1.165) is 36.1 Å². The summed E-state index contributed by atoms with van der Waals surface area (Å²) in [5.41, 5.74) is 7.60. The predicted molar refractivity (Wildman–Crippen MR) is 113 cm³/mol. The van der Waals surface area contributed by atoms with Crippen LogP contribution in [-0.2, 0) is 0 Å². The van der Waals surface area contributed by atoms with Crippen LogP contribution in [-0.4, -0.2) is 55.3 Å². The third kappa shape index (κ3) is 4.84. The number of hydrogen-bond acceptors (Lipinski definition) is 7. The Kier molecular flexibility index (Phi) is 6.57. The summed E-state index contributed by atoms with van der Waals surface area (Å²) in [6, 6.07) is 8.32. The first-order valence-corrected chi connectivity index (χ1v) is 9.84. The number of nitrogen functional groups attached to an aromatic ring is 1. The van der Waals surface area contributed by atoms with Gasteiger partial charge in [0, 0.05) is 43.1 Å². The first-order valence-electron chi connectivity index (χ1n) is 9.84. The predicted octanol–water partition coefficient (Wildman–Crippen LogP) is 3.40. The second-order valence-electron chi connectivity index (χ2n) is 7.40. The highest BCUT2D eigenvalue weighted by molar-refractivity contribution is 5.62. The van der Waals surface area contributed by atoms with E-state index in [1.807, 2.05) is 37.1 Å². The zero-order valence-corrected chi connectivity index (χ0v) is 17.3. The molecule has 1 aliphatic rings. The third-order valence-electron chi connectivity index (χ3n) is 5.31. The highest BCUT2D eigenvalue weighted by Crippen LogP contribution is 2.33. The number of nitrogens with zero attached hydrogens (tertiary/aromatic N) is 4. The second kappa shape index (κ2) is 9.10. The molecule has 0 radical (unpaired) electrons. The van der Waals surface area contributed by atoms with E-state index >= 15 is 0 Å². The number of benzene rings is 1. The maximum Gasteiger partial charge on any atom is 0.231 e. The molecular weight excluding hydrogens is 354 g/mol. The summed E-state index contributed by atoms with van der Waals surface area (Å²) >= 11 is 0. The van der Waals surface area contributed by atoms with E-state index in [4.69, 9.17) is 15.2 Å². The van der Waals surface area contributed by atoms with Gasteiger partial charge in [-0.05, 0) is 45.4 Å². The van der Waals surface area contributed by atoms with Gasteiger partial charge in [0.15, 0.2) is 11.5 Å². The van der Waals surface area contributed by atoms with E-state index in [1.54, 1.807) is 13.2 Å². The highest BCUT2D eigenvalue weighted by Gasteiger charge is 2.21. The van der Waals surface area contributed by atoms with Gasteiger partial charge >= 0.3 is 0 Å². The van der Waals surface area contributed by atoms with Crippen LogP contribution < -0.4 is 20.1 Å². The number of rotatable bonds is 9. The third-order valence-corrected chi connectivity index (χ3v) is 5.31. The molecule has 1 aromatic heterocycles. The number of ether oxygens (including phenoxy) is 2. The SMILES string of the molecule is COc1ccc(N(C)c2nc(C)cc(N)n2)cc1OCCCN(C)C1CCC1. The quantitative estimate of drug-likeness (QED) is 0.663. The first-order chi connectivity index (χ1) is 13.5. The van der Waals surface area contributed by atoms with Crippen molar-refractivity contribution in [2.75, 3.05) is 45.0 Å². The molecule has 2 aromatic rings. The molecule has 0 saturated heterocycles. The molecule has 1 heterocycles. The van der Waals surface area contributed by atoms with Crippen molar-refractivity contribution in [1.82, 2.24) is 14.9 Å². The monoisotopic (exact) mass is 385 g/mol. The Bertz CT molecular complexity index is 774. The summed E-state index contributed by atoms with van der Waals surface area (Å²) < 4.78 is 11.5. The van der Waals surface area contributed by atoms with Gasteiger partial charge in [0.2, 0.25) is 5.95 Å². The standard InChI is InChI=1S/C21H31N5O2/c1-15-13-20(22)24-21(23-15)26(3)17-9-10-18(27-4)19(14-17)28-12-6-11-25(2)16-7-5-8-16/h9-10,13-14,16H,5-8,11-12H2,1-4H3,(H2,22,23,24). The van der Waals surface area contributed by atoms with Crippen molar-refractivity contribution in [3.05, 3.63) is 30.0 Å². The molecule has 1 aliphatic carbocycles. The molecule has 1 aromatic carbocycles. The molecule has 0 bridgehead atoms. The van der Waals surface area contributed by atoms with Gasteiger partial charge in [0.1, 0.15) is 5.82 Å². The van der Waals surface area contributed by atoms with Crippen molar-refractivity contribution in [1.29, 1.82) is 0 Å². The smallest absolute Gasteiger partial charge is 0.231 e. The van der Waals surface area contributed by atoms with Crippen molar-refractivity contribution in [2.24, 2.45) is 0 Å². The zero-order chi connectivity index (χ0) is 20.1. The number of aryl methyl sites for hydroxylation is 1. The number of anilines is 3. The number of methoxy groups -OCH3 is 1. The lowest BCUT2D eigenvalue weighted by Gasteiger charge is -2.34. The Morgan fingerprint density at radius 1 is 1.14 bits per heavy atom. The minimum atomic E-state index is 0.454. The van der Waals surface area contributed by atoms with Crippen LogP contribution in [0.25, 0.3) is 0 Å². The summed E-state index contributed by atoms with van der Waals surface area (Å²) in [6.07, 6.45) is 4.99. The average molecular weight is 386 g/mol. The molecule has 0 aliphatic heterocycles. The van der Waals surface area contributed by atoms with Crippen LogP contribution in [0.5, 0.6) is 11.5 Å². The summed E-state index contributed by atoms with van der Waals surface area (Å²) in [5, 5.41) is 0. The van der Waals surface area contributed by atoms with Crippen LogP contribution >= 0.6 is 0 Å². The van der Waals surface area contributed by atoms with Gasteiger partial charge in [-0.1, -0.05) is 6.42 Å². The van der Waals surface area contributed by atoms with Crippen LogP contribution in [0.4, 0.5) is 17.5 Å². The van der Waals surface area contributed by atoms with E-state index in [0.29, 0.717) is 24.1 Å². The van der Waals surface area contributed by atoms with Gasteiger partial charge in [-0.3, -0.25) is 0 Å². The molecule has 7 nitrogen and oxygen atoms in total. The summed E-state index contributed by atoms with van der Waals surface area (Å²) in [5.74, 6) is 2.44. The molecule has 0 amide bonds. The second-order valence-corrected chi connectivity index (χ2v) is 7.40. The van der Waals surface area contributed by atoms with Gasteiger partial charge < -0.3 is 25.0 Å². The van der Waals surface area contributed by atoms with Crippen molar-refractivity contribution in [3.8, 4) is 11.5 Å². The lowest BCUT2D eigenvalue weighted by molar-refractivity contribution is 0.148. The van der Waals surface area contributed by atoms with Crippen LogP contribution in [0.1, 0.15) is 31.4 Å². The van der Waals surface area contributed by atoms with E-state index in [9.17, 15) is 0 Å². The molecule has 0 unspecified atom stereocenters. The maximum absolute atomic E-state index is 6.04. The number of nitrogens with two attached hydrogens (primary N) is 1. The molecule has 3 rings (SSSR count). The topological polar surface area (TPSA) is 76.7 Å². The lowest BCUT2D eigenvalue weighted by atomic mass is 9.92. The van der Waals surface area contributed by atoms with Crippen LogP contribution in [0.15, 0.2) is 24.3 Å². The Morgan fingerprint density at radius 3 is 2.57 bits per heavy atom. The Hall–Kier alpha value is -2.54. The van der Waals surface area contributed by atoms with E-state index in [-0.39, 0.29) is 0 Å². The molecule has 28 heavy (non-hydrogen) atoms. The minimum Gasteiger partial charge on any atom is -0.493 e. The van der Waals surface area contributed by atoms with Crippen molar-refractivity contribution < 1.29 is 9.47 Å². The molecule has 7 heteroatoms. The van der Waals surface area contributed by atoms with Gasteiger partial charge in [0.05, 0.1) is 13.7 Å². The minimum absolute atomic E-state index is 0.454. The van der Waals surface area contributed by atoms with E-state index < -0.39 is 0 Å². The molecule has 152 valence electrons. The van der Waals surface area contributed by atoms with Gasteiger partial charge in [0.25, 0.3) is 0 Å². The normalized spacial score (nSPS) is 14.0. The van der Waals surface area contributed by atoms with Crippen LogP contribution in [0.3, 0.4) is 0 Å². The molecular formula is C21H31N5O2. The highest BCUT2D eigenvalue weighted by atomic mass is 16.5. The fourth-order valence-electron chi connectivity index (χ4n) is 3.34. The number of hydrogen-bond donors (Lipinski definition) is 1. The van der Waals surface area contributed by atoms with Crippen LogP contribution in [0, 0.1) is 6.92 Å². The van der Waals surface area contributed by atoms with Crippen LogP contribution in [0.2, 0.25) is 0 Å². The first kappa shape index (κ1) is 20.2. The molecule has 0 atom stereocenters. The summed E-state index contributed by atoms with van der Waals surface area (Å²) in [6.45, 7) is 3.59. The molecule has 1 fully saturated rings. The Morgan fingerprint density at radius 2 is 1.93 bits per heavy atom. The van der Waals surface area contributed by atoms with Crippen molar-refractivity contribution in [3.63, 3.8) is 0 Å². The fourth-order valence-corrected chi connectivity index (χ4v) is 3.34. The van der Waals surface area contributed by atoms with Crippen molar-refractivity contribution in [2.45, 2.75) is 38.6 Å². The zero-order valence-electron chi connectivity index (χ0n) is 17.3. The average Bonchev–Trinajstić information content (AvgIpc) is 2.62. The molecule has 0 spiro atoms. The lowest BCUT2D eigenvalue weighted by Crippen LogP contribution is -2.38. The van der Waals surface area contributed by atoms with Gasteiger partial charge in [-0.2, -0.15) is 4.98 Å². The van der Waals surface area contributed by atoms with Gasteiger partial charge in [-0.15, -0.1) is 0 Å². The Balaban J connectivity index is 1.65. The largest absolute Gasteiger partial charge is 0.493 e. The summed E-state index contributed by atoms with van der Waals surface area (Å²) in [7, 11) is 5.77. The van der Waals surface area contributed by atoms with Crippen molar-refractivity contribution >= 4 is 17.5 Å². The summed E-state index contributed by atoms with van der Waals surface area (Å²) in [4.78, 5) is 13.1. The van der Waals surface area contributed by atoms with E-state index in [2.05, 4.69) is 21.9 Å². The van der Waals surface area contributed by atoms with Gasteiger partial charge in [-0.25, -0.2) is 4.98 Å². The fraction of sp³-hybridized carbons (Fsp3) is 0.524.